The summed E-state index contributed by atoms with van der Waals surface area (Å²) in [6.45, 7) is 0. The van der Waals surface area contributed by atoms with Crippen LogP contribution in [-0.4, -0.2) is 22.5 Å². The van der Waals surface area contributed by atoms with E-state index < -0.39 is 18.3 Å². The molecule has 1 heterocycles. The van der Waals surface area contributed by atoms with E-state index in [-0.39, 0.29) is 5.95 Å². The monoisotopic (exact) mass is 397 g/mol. The van der Waals surface area contributed by atoms with Gasteiger partial charge in [-0.05, 0) is 30.3 Å². The van der Waals surface area contributed by atoms with Gasteiger partial charge in [-0.3, -0.25) is 0 Å². The Kier molecular flexibility index (Phi) is 5.46. The maximum Gasteiger partial charge on any atom is 0.461 e. The van der Waals surface area contributed by atoms with Gasteiger partial charge in [0.2, 0.25) is 5.95 Å². The Bertz CT molecular complexity index is 922. The number of alkyl halides is 4. The zero-order valence-electron chi connectivity index (χ0n) is 13.5. The molecule has 140 valence electrons. The molecule has 0 aliphatic heterocycles. The summed E-state index contributed by atoms with van der Waals surface area (Å²) in [6, 6.07) is 13.9. The van der Waals surface area contributed by atoms with Crippen molar-refractivity contribution in [3.05, 3.63) is 65.8 Å². The van der Waals surface area contributed by atoms with Crippen LogP contribution in [-0.2, 0) is 0 Å². The molecular weight excluding hydrogens is 386 g/mol. The third-order valence-electron chi connectivity index (χ3n) is 3.39. The minimum absolute atomic E-state index is 0.195. The summed E-state index contributed by atoms with van der Waals surface area (Å²) < 4.78 is 54.6. The molecule has 4 nitrogen and oxygen atoms in total. The van der Waals surface area contributed by atoms with Gasteiger partial charge in [-0.25, -0.2) is 9.97 Å². The Labute approximate surface area is 156 Å². The molecule has 0 unspecified atom stereocenters. The lowest BCUT2D eigenvalue weighted by Crippen LogP contribution is -2.33. The fourth-order valence-electron chi connectivity index (χ4n) is 2.17. The van der Waals surface area contributed by atoms with E-state index in [1.165, 1.54) is 18.3 Å². The molecular formula is C18H12ClF4N3O. The second-order valence-electron chi connectivity index (χ2n) is 5.39. The summed E-state index contributed by atoms with van der Waals surface area (Å²) >= 11 is 5.86. The highest BCUT2D eigenvalue weighted by atomic mass is 35.5. The van der Waals surface area contributed by atoms with Gasteiger partial charge in [-0.15, -0.1) is 0 Å². The first kappa shape index (κ1) is 18.9. The number of rotatable bonds is 6. The van der Waals surface area contributed by atoms with Crippen LogP contribution >= 0.6 is 11.6 Å². The summed E-state index contributed by atoms with van der Waals surface area (Å²) in [4.78, 5) is 8.38. The van der Waals surface area contributed by atoms with E-state index >= 15 is 0 Å². The quantitative estimate of drug-likeness (QED) is 0.536. The summed E-state index contributed by atoms with van der Waals surface area (Å²) in [5.74, 6) is -0.223. The van der Waals surface area contributed by atoms with Crippen LogP contribution in [0.4, 0.5) is 29.2 Å². The largest absolute Gasteiger partial charge is 0.461 e. The molecule has 0 saturated heterocycles. The average Bonchev–Trinajstić information content (AvgIpc) is 2.62. The van der Waals surface area contributed by atoms with Gasteiger partial charge in [0.15, 0.2) is 0 Å². The number of benzene rings is 2. The summed E-state index contributed by atoms with van der Waals surface area (Å²) in [7, 11) is 0. The number of aromatic nitrogens is 2. The topological polar surface area (TPSA) is 47.0 Å². The minimum atomic E-state index is -4.58. The Morgan fingerprint density at radius 1 is 1.04 bits per heavy atom. The summed E-state index contributed by atoms with van der Waals surface area (Å²) in [5.41, 5.74) is 1.71. The van der Waals surface area contributed by atoms with E-state index in [4.69, 9.17) is 11.6 Å². The molecule has 2 aromatic carbocycles. The van der Waals surface area contributed by atoms with Crippen LogP contribution in [0.15, 0.2) is 60.8 Å². The average molecular weight is 398 g/mol. The lowest BCUT2D eigenvalue weighted by Gasteiger charge is -2.17. The molecule has 0 bridgehead atoms. The van der Waals surface area contributed by atoms with Crippen molar-refractivity contribution in [3.8, 4) is 17.0 Å². The zero-order valence-corrected chi connectivity index (χ0v) is 14.3. The molecule has 0 fully saturated rings. The van der Waals surface area contributed by atoms with E-state index in [0.717, 1.165) is 17.7 Å². The van der Waals surface area contributed by atoms with Crippen LogP contribution in [0.5, 0.6) is 5.75 Å². The molecule has 0 saturated carbocycles. The van der Waals surface area contributed by atoms with Crippen molar-refractivity contribution in [3.63, 3.8) is 0 Å². The Morgan fingerprint density at radius 2 is 1.78 bits per heavy atom. The molecule has 0 atom stereocenters. The van der Waals surface area contributed by atoms with E-state index in [0.29, 0.717) is 16.4 Å². The van der Waals surface area contributed by atoms with E-state index in [2.05, 4.69) is 20.0 Å². The second-order valence-corrected chi connectivity index (χ2v) is 5.83. The maximum atomic E-state index is 13.0. The molecule has 0 amide bonds. The summed E-state index contributed by atoms with van der Waals surface area (Å²) in [6.07, 6.45) is -7.00. The van der Waals surface area contributed by atoms with Crippen LogP contribution in [0, 0.1) is 0 Å². The van der Waals surface area contributed by atoms with Gasteiger partial charge >= 0.3 is 12.5 Å². The lowest BCUT2D eigenvalue weighted by atomic mass is 10.1. The van der Waals surface area contributed by atoms with Crippen LogP contribution < -0.4 is 10.1 Å². The zero-order chi connectivity index (χ0) is 19.4. The number of hydrogen-bond donors (Lipinski definition) is 1. The molecule has 3 aromatic rings. The highest BCUT2D eigenvalue weighted by Gasteiger charge is 2.43. The molecule has 27 heavy (non-hydrogen) atoms. The second kappa shape index (κ2) is 7.79. The Hall–Kier alpha value is -2.87. The number of ether oxygens (including phenoxy) is 1. The first-order valence-electron chi connectivity index (χ1n) is 7.64. The Morgan fingerprint density at radius 3 is 2.48 bits per heavy atom. The number of nitrogens with one attached hydrogen (secondary N) is 1. The van der Waals surface area contributed by atoms with Gasteiger partial charge in [0.05, 0.1) is 5.69 Å². The van der Waals surface area contributed by atoms with Crippen LogP contribution in [0.25, 0.3) is 11.3 Å². The molecule has 0 aliphatic rings. The third-order valence-corrected chi connectivity index (χ3v) is 3.65. The van der Waals surface area contributed by atoms with Crippen molar-refractivity contribution in [1.82, 2.24) is 9.97 Å². The van der Waals surface area contributed by atoms with Crippen molar-refractivity contribution in [2.45, 2.75) is 12.5 Å². The predicted molar refractivity (Wildman–Crippen MR) is 93.8 cm³/mol. The first-order chi connectivity index (χ1) is 12.8. The highest BCUT2D eigenvalue weighted by molar-refractivity contribution is 6.30. The van der Waals surface area contributed by atoms with Gasteiger partial charge < -0.3 is 10.1 Å². The molecule has 3 rings (SSSR count). The molecule has 9 heteroatoms. The normalized spacial score (nSPS) is 11.5. The number of anilines is 2. The fraction of sp³-hybridized carbons (Fsp3) is 0.111. The summed E-state index contributed by atoms with van der Waals surface area (Å²) in [5, 5.41) is 3.41. The van der Waals surface area contributed by atoms with Crippen molar-refractivity contribution in [2.24, 2.45) is 0 Å². The molecule has 1 N–H and O–H groups in total. The van der Waals surface area contributed by atoms with Crippen molar-refractivity contribution in [2.75, 3.05) is 5.32 Å². The number of hydrogen-bond acceptors (Lipinski definition) is 4. The predicted octanol–water partition coefficient (Wildman–Crippen LogP) is 5.78. The lowest BCUT2D eigenvalue weighted by molar-refractivity contribution is -0.253. The standard InChI is InChI=1S/C18H12ClF4N3O/c19-12-6-4-11(5-7-12)15-8-9-24-17(26-15)25-13-2-1-3-14(10-13)27-18(22,23)16(20)21/h1-10,16H,(H,24,25,26). The first-order valence-corrected chi connectivity index (χ1v) is 8.02. The van der Waals surface area contributed by atoms with E-state index in [1.807, 2.05) is 0 Å². The molecule has 0 aliphatic carbocycles. The van der Waals surface area contributed by atoms with Crippen molar-refractivity contribution < 1.29 is 22.3 Å². The van der Waals surface area contributed by atoms with Gasteiger partial charge in [-0.2, -0.15) is 17.6 Å². The van der Waals surface area contributed by atoms with Gasteiger partial charge in [0, 0.05) is 28.5 Å². The number of nitrogens with zero attached hydrogens (tertiary/aromatic N) is 2. The van der Waals surface area contributed by atoms with Gasteiger partial charge in [0.25, 0.3) is 0 Å². The number of halogens is 5. The molecule has 1 aromatic heterocycles. The van der Waals surface area contributed by atoms with Crippen LogP contribution in [0.3, 0.4) is 0 Å². The smallest absolute Gasteiger partial charge is 0.428 e. The van der Waals surface area contributed by atoms with Crippen molar-refractivity contribution in [1.29, 1.82) is 0 Å². The van der Waals surface area contributed by atoms with Gasteiger partial charge in [-0.1, -0.05) is 29.8 Å². The van der Waals surface area contributed by atoms with E-state index in [1.54, 1.807) is 30.3 Å². The minimum Gasteiger partial charge on any atom is -0.428 e. The van der Waals surface area contributed by atoms with Crippen LogP contribution in [0.1, 0.15) is 0 Å². The van der Waals surface area contributed by atoms with Crippen molar-refractivity contribution >= 4 is 23.2 Å². The fourth-order valence-corrected chi connectivity index (χ4v) is 2.29. The Balaban J connectivity index is 1.79. The molecule has 0 radical (unpaired) electrons. The third kappa shape index (κ3) is 4.85. The maximum absolute atomic E-state index is 13.0. The van der Waals surface area contributed by atoms with Gasteiger partial charge in [0.1, 0.15) is 5.75 Å². The SMILES string of the molecule is FC(F)C(F)(F)Oc1cccc(Nc2nccc(-c3ccc(Cl)cc3)n2)c1. The highest BCUT2D eigenvalue weighted by Crippen LogP contribution is 2.29. The van der Waals surface area contributed by atoms with Crippen LogP contribution in [0.2, 0.25) is 5.02 Å². The van der Waals surface area contributed by atoms with E-state index in [9.17, 15) is 17.6 Å². The molecule has 0 spiro atoms.